The van der Waals surface area contributed by atoms with E-state index in [-0.39, 0.29) is 11.9 Å². The number of halogens is 1. The quantitative estimate of drug-likeness (QED) is 0.770. The Morgan fingerprint density at radius 3 is 2.53 bits per heavy atom. The topological polar surface area (TPSA) is 21.8 Å². The van der Waals surface area contributed by atoms with E-state index in [1.165, 1.54) is 17.7 Å². The van der Waals surface area contributed by atoms with Crippen LogP contribution in [0.4, 0.5) is 4.39 Å². The lowest BCUT2D eigenvalue weighted by Crippen LogP contribution is -2.33. The van der Waals surface area contributed by atoms with Crippen molar-refractivity contribution in [2.75, 3.05) is 6.61 Å². The first kappa shape index (κ1) is 11.1. The van der Waals surface area contributed by atoms with E-state index in [1.807, 2.05) is 12.1 Å². The van der Waals surface area contributed by atoms with Crippen molar-refractivity contribution in [1.29, 1.82) is 0 Å². The smallest absolute Gasteiger partial charge is 0.147 e. The molecule has 1 fully saturated rings. The lowest BCUT2D eigenvalue weighted by Gasteiger charge is -2.28. The fraction of sp³-hybridized carbons (Fsp3) is 0.250. The highest BCUT2D eigenvalue weighted by molar-refractivity contribution is 5.46. The van der Waals surface area contributed by atoms with Gasteiger partial charge in [-0.2, -0.15) is 0 Å². The van der Waals surface area contributed by atoms with Crippen molar-refractivity contribution < 1.29 is 13.9 Å². The summed E-state index contributed by atoms with van der Waals surface area (Å²) in [6, 6.07) is 14.7. The third-order valence-corrected chi connectivity index (χ3v) is 3.93. The van der Waals surface area contributed by atoms with Crippen molar-refractivity contribution in [3.8, 4) is 0 Å². The van der Waals surface area contributed by atoms with Crippen LogP contribution in [-0.4, -0.2) is 12.7 Å². The second-order valence-corrected chi connectivity index (χ2v) is 5.01. The fourth-order valence-corrected chi connectivity index (χ4v) is 2.95. The van der Waals surface area contributed by atoms with Gasteiger partial charge in [0.15, 0.2) is 0 Å². The van der Waals surface area contributed by atoms with E-state index in [1.54, 1.807) is 12.1 Å². The van der Waals surface area contributed by atoms with Crippen LogP contribution in [0.3, 0.4) is 0 Å². The third-order valence-electron chi connectivity index (χ3n) is 3.93. The maximum Gasteiger partial charge on any atom is 0.147 e. The Bertz CT molecular complexity index is 619. The first-order valence-corrected chi connectivity index (χ1v) is 6.41. The molecular weight excluding hydrogens is 243 g/mol. The summed E-state index contributed by atoms with van der Waals surface area (Å²) in [5, 5.41) is 0. The summed E-state index contributed by atoms with van der Waals surface area (Å²) in [7, 11) is 0. The zero-order chi connectivity index (χ0) is 12.9. The van der Waals surface area contributed by atoms with Crippen molar-refractivity contribution in [2.24, 2.45) is 0 Å². The van der Waals surface area contributed by atoms with Gasteiger partial charge in [-0.3, -0.25) is 0 Å². The van der Waals surface area contributed by atoms with Crippen LogP contribution in [-0.2, 0) is 21.7 Å². The molecule has 0 N–H and O–H groups in total. The second kappa shape index (κ2) is 3.89. The number of fused-ring (bicyclic) bond motifs is 1. The predicted molar refractivity (Wildman–Crippen MR) is 68.2 cm³/mol. The monoisotopic (exact) mass is 256 g/mol. The standard InChI is InChI=1S/C16H13FO2/c17-13-7-5-12(6-8-13)16(15-10-18-15)14-4-2-1-3-11(14)9-19-16/h1-8,15H,9-10H2/t15?,16-/m1/s1. The third kappa shape index (κ3) is 1.55. The van der Waals surface area contributed by atoms with Gasteiger partial charge in [-0.15, -0.1) is 0 Å². The Labute approximate surface area is 110 Å². The average molecular weight is 256 g/mol. The van der Waals surface area contributed by atoms with Gasteiger partial charge in [0.1, 0.15) is 17.5 Å². The van der Waals surface area contributed by atoms with Crippen molar-refractivity contribution in [1.82, 2.24) is 0 Å². The Kier molecular flexibility index (Phi) is 2.28. The van der Waals surface area contributed by atoms with Gasteiger partial charge in [0.05, 0.1) is 13.2 Å². The predicted octanol–water partition coefficient (Wildman–Crippen LogP) is 3.00. The molecule has 0 aliphatic carbocycles. The minimum atomic E-state index is -0.565. The normalized spacial score (nSPS) is 28.2. The van der Waals surface area contributed by atoms with Gasteiger partial charge in [-0.25, -0.2) is 4.39 Å². The van der Waals surface area contributed by atoms with Gasteiger partial charge in [-0.05, 0) is 28.8 Å². The Balaban J connectivity index is 1.91. The van der Waals surface area contributed by atoms with Gasteiger partial charge in [0.25, 0.3) is 0 Å². The summed E-state index contributed by atoms with van der Waals surface area (Å²) in [6.07, 6.45) is 0.0293. The lowest BCUT2D eigenvalue weighted by atomic mass is 9.83. The molecule has 2 aliphatic rings. The molecule has 2 aliphatic heterocycles. The molecule has 2 nitrogen and oxygen atoms in total. The van der Waals surface area contributed by atoms with E-state index in [0.29, 0.717) is 13.2 Å². The van der Waals surface area contributed by atoms with E-state index in [4.69, 9.17) is 9.47 Å². The minimum Gasteiger partial charge on any atom is -0.369 e. The summed E-state index contributed by atoms with van der Waals surface area (Å²) in [5.41, 5.74) is 2.72. The van der Waals surface area contributed by atoms with E-state index in [9.17, 15) is 4.39 Å². The molecule has 4 rings (SSSR count). The average Bonchev–Trinajstić information content (AvgIpc) is 3.22. The maximum atomic E-state index is 13.1. The van der Waals surface area contributed by atoms with Crippen LogP contribution in [0, 0.1) is 5.82 Å². The summed E-state index contributed by atoms with van der Waals surface area (Å²) < 4.78 is 24.8. The molecule has 3 heteroatoms. The van der Waals surface area contributed by atoms with Crippen molar-refractivity contribution >= 4 is 0 Å². The van der Waals surface area contributed by atoms with Crippen LogP contribution >= 0.6 is 0 Å². The van der Waals surface area contributed by atoms with E-state index in [0.717, 1.165) is 11.1 Å². The van der Waals surface area contributed by atoms with Crippen molar-refractivity contribution in [2.45, 2.75) is 18.3 Å². The van der Waals surface area contributed by atoms with Gasteiger partial charge >= 0.3 is 0 Å². The molecule has 0 bridgehead atoms. The highest BCUT2D eigenvalue weighted by Crippen LogP contribution is 2.49. The van der Waals surface area contributed by atoms with Crippen LogP contribution in [0.25, 0.3) is 0 Å². The molecule has 0 saturated carbocycles. The molecule has 2 aromatic carbocycles. The zero-order valence-corrected chi connectivity index (χ0v) is 10.3. The molecule has 1 unspecified atom stereocenters. The van der Waals surface area contributed by atoms with Crippen LogP contribution in [0.15, 0.2) is 48.5 Å². The van der Waals surface area contributed by atoms with Crippen molar-refractivity contribution in [3.05, 3.63) is 71.0 Å². The molecule has 1 saturated heterocycles. The zero-order valence-electron chi connectivity index (χ0n) is 10.3. The molecule has 2 atom stereocenters. The Hall–Kier alpha value is -1.71. The van der Waals surface area contributed by atoms with Crippen LogP contribution in [0.2, 0.25) is 0 Å². The molecule has 0 spiro atoms. The number of rotatable bonds is 2. The fourth-order valence-electron chi connectivity index (χ4n) is 2.95. The van der Waals surface area contributed by atoms with E-state index >= 15 is 0 Å². The second-order valence-electron chi connectivity index (χ2n) is 5.01. The molecule has 0 radical (unpaired) electrons. The van der Waals surface area contributed by atoms with Gasteiger partial charge in [0.2, 0.25) is 0 Å². The van der Waals surface area contributed by atoms with Crippen LogP contribution in [0.1, 0.15) is 16.7 Å². The summed E-state index contributed by atoms with van der Waals surface area (Å²) in [4.78, 5) is 0. The number of benzene rings is 2. The summed E-state index contributed by atoms with van der Waals surface area (Å²) in [5.74, 6) is -0.234. The van der Waals surface area contributed by atoms with Gasteiger partial charge < -0.3 is 9.47 Å². The lowest BCUT2D eigenvalue weighted by molar-refractivity contribution is -0.0254. The number of hydrogen-bond acceptors (Lipinski definition) is 2. The molecule has 2 heterocycles. The summed E-state index contributed by atoms with van der Waals surface area (Å²) in [6.45, 7) is 1.26. The highest BCUT2D eigenvalue weighted by Gasteiger charge is 2.54. The van der Waals surface area contributed by atoms with Crippen LogP contribution < -0.4 is 0 Å². The first-order valence-electron chi connectivity index (χ1n) is 6.41. The molecular formula is C16H13FO2. The maximum absolute atomic E-state index is 13.1. The molecule has 96 valence electrons. The molecule has 2 aromatic rings. The summed E-state index contributed by atoms with van der Waals surface area (Å²) >= 11 is 0. The van der Waals surface area contributed by atoms with E-state index in [2.05, 4.69) is 12.1 Å². The largest absolute Gasteiger partial charge is 0.369 e. The Morgan fingerprint density at radius 2 is 1.79 bits per heavy atom. The Morgan fingerprint density at radius 1 is 1.05 bits per heavy atom. The SMILES string of the molecule is Fc1ccc([C@@]2(C3CO3)OCc3ccccc32)cc1. The number of epoxide rings is 1. The van der Waals surface area contributed by atoms with Crippen molar-refractivity contribution in [3.63, 3.8) is 0 Å². The first-order chi connectivity index (χ1) is 9.30. The molecule has 0 amide bonds. The number of ether oxygens (including phenoxy) is 2. The number of hydrogen-bond donors (Lipinski definition) is 0. The molecule has 0 aromatic heterocycles. The van der Waals surface area contributed by atoms with Crippen LogP contribution in [0.5, 0.6) is 0 Å². The highest BCUT2D eigenvalue weighted by atomic mass is 19.1. The van der Waals surface area contributed by atoms with E-state index < -0.39 is 5.60 Å². The minimum absolute atomic E-state index is 0.0293. The van der Waals surface area contributed by atoms with Gasteiger partial charge in [0, 0.05) is 0 Å². The molecule has 19 heavy (non-hydrogen) atoms. The van der Waals surface area contributed by atoms with Gasteiger partial charge in [-0.1, -0.05) is 36.4 Å².